The van der Waals surface area contributed by atoms with Gasteiger partial charge in [-0.15, -0.1) is 0 Å². The Bertz CT molecular complexity index is 1740. The zero-order chi connectivity index (χ0) is 24.2. The number of amides is 1. The third kappa shape index (κ3) is 3.87. The number of halogens is 1. The van der Waals surface area contributed by atoms with Crippen LogP contribution in [0.1, 0.15) is 11.1 Å². The first-order valence-corrected chi connectivity index (χ1v) is 12.0. The normalized spacial score (nSPS) is 13.1. The van der Waals surface area contributed by atoms with Crippen LogP contribution in [0.5, 0.6) is 0 Å². The largest absolute Gasteiger partial charge is 0.326 e. The van der Waals surface area contributed by atoms with E-state index in [1.807, 2.05) is 18.2 Å². The van der Waals surface area contributed by atoms with E-state index in [9.17, 15) is 22.8 Å². The van der Waals surface area contributed by atoms with Crippen LogP contribution in [-0.2, 0) is 21.2 Å². The fourth-order valence-corrected chi connectivity index (χ4v) is 5.54. The Morgan fingerprint density at radius 3 is 2.32 bits per heavy atom. The number of benzene rings is 3. The second-order valence-electron chi connectivity index (χ2n) is 7.97. The van der Waals surface area contributed by atoms with Crippen molar-refractivity contribution in [2.45, 2.75) is 18.2 Å². The molecule has 3 aromatic carbocycles. The van der Waals surface area contributed by atoms with Crippen molar-refractivity contribution in [3.05, 3.63) is 85.4 Å². The van der Waals surface area contributed by atoms with Crippen molar-refractivity contribution in [2.24, 2.45) is 0 Å². The van der Waals surface area contributed by atoms with Gasteiger partial charge in [-0.1, -0.05) is 29.8 Å². The van der Waals surface area contributed by atoms with Gasteiger partial charge in [0.25, 0.3) is 10.0 Å². The molecular formula is C23H17ClN4O5S. The van der Waals surface area contributed by atoms with Gasteiger partial charge in [0, 0.05) is 11.3 Å². The molecule has 2 heterocycles. The molecule has 0 aliphatic carbocycles. The molecule has 0 saturated carbocycles. The van der Waals surface area contributed by atoms with Crippen molar-refractivity contribution < 1.29 is 13.2 Å². The van der Waals surface area contributed by atoms with Gasteiger partial charge in [-0.3, -0.25) is 19.1 Å². The van der Waals surface area contributed by atoms with Crippen molar-refractivity contribution in [2.75, 3.05) is 10.0 Å². The molecule has 0 spiro atoms. The average Bonchev–Trinajstić information content (AvgIpc) is 3.13. The van der Waals surface area contributed by atoms with E-state index in [-0.39, 0.29) is 22.0 Å². The number of hydrogen-bond donors (Lipinski definition) is 4. The van der Waals surface area contributed by atoms with E-state index in [1.165, 1.54) is 18.2 Å². The Balaban J connectivity index is 1.47. The topological polar surface area (TPSA) is 141 Å². The van der Waals surface area contributed by atoms with Crippen LogP contribution in [0.25, 0.3) is 22.2 Å². The molecule has 4 N–H and O–H groups in total. The fourth-order valence-electron chi connectivity index (χ4n) is 3.95. The van der Waals surface area contributed by atoms with Gasteiger partial charge >= 0.3 is 11.1 Å². The molecule has 0 fully saturated rings. The van der Waals surface area contributed by atoms with Gasteiger partial charge in [0.15, 0.2) is 0 Å². The first-order chi connectivity index (χ1) is 16.1. The second kappa shape index (κ2) is 7.86. The van der Waals surface area contributed by atoms with E-state index < -0.39 is 21.1 Å². The number of sulfonamides is 1. The highest BCUT2D eigenvalue weighted by molar-refractivity contribution is 7.92. The summed E-state index contributed by atoms with van der Waals surface area (Å²) in [5.74, 6) is -0.0672. The molecule has 0 unspecified atom stereocenters. The van der Waals surface area contributed by atoms with Gasteiger partial charge in [0.2, 0.25) is 5.91 Å². The van der Waals surface area contributed by atoms with Gasteiger partial charge in [0.05, 0.1) is 33.1 Å². The van der Waals surface area contributed by atoms with Crippen molar-refractivity contribution in [1.82, 2.24) is 9.97 Å². The number of carbonyl (C=O) groups excluding carboxylic acids is 1. The highest BCUT2D eigenvalue weighted by Crippen LogP contribution is 2.35. The molecular weight excluding hydrogens is 480 g/mol. The molecule has 1 aliphatic rings. The standard InChI is InChI=1S/C23H17ClN4O5S/c1-11-6-18-19(27-23(31)22(30)26-18)10-20(11)34(32,33)28-14-4-5-15(16(24)9-14)12-2-3-13-8-21(29)25-17(13)7-12/h2-7,9-10,28H,8H2,1H3,(H,25,29)(H,26,30)(H,27,31). The third-order valence-electron chi connectivity index (χ3n) is 5.57. The molecule has 9 nitrogen and oxygen atoms in total. The molecule has 1 amide bonds. The summed E-state index contributed by atoms with van der Waals surface area (Å²) >= 11 is 6.46. The minimum atomic E-state index is -4.04. The number of nitrogens with one attached hydrogen (secondary N) is 4. The van der Waals surface area contributed by atoms with E-state index in [0.29, 0.717) is 28.1 Å². The number of carbonyl (C=O) groups is 1. The summed E-state index contributed by atoms with van der Waals surface area (Å²) in [5.41, 5.74) is 2.54. The smallest absolute Gasteiger partial charge is 0.314 e. The number of aromatic nitrogens is 2. The summed E-state index contributed by atoms with van der Waals surface area (Å²) < 4.78 is 28.7. The molecule has 0 atom stereocenters. The van der Waals surface area contributed by atoms with E-state index >= 15 is 0 Å². The van der Waals surface area contributed by atoms with Crippen LogP contribution in [-0.4, -0.2) is 24.3 Å². The van der Waals surface area contributed by atoms with Gasteiger partial charge in [0.1, 0.15) is 0 Å². The molecule has 0 radical (unpaired) electrons. The van der Waals surface area contributed by atoms with Crippen LogP contribution >= 0.6 is 11.6 Å². The summed E-state index contributed by atoms with van der Waals surface area (Å²) in [4.78, 5) is 39.5. The first-order valence-electron chi connectivity index (χ1n) is 10.1. The zero-order valence-corrected chi connectivity index (χ0v) is 19.2. The molecule has 1 aliphatic heterocycles. The average molecular weight is 497 g/mol. The minimum Gasteiger partial charge on any atom is -0.326 e. The first kappa shape index (κ1) is 21.9. The lowest BCUT2D eigenvalue weighted by atomic mass is 10.0. The minimum absolute atomic E-state index is 0.0581. The summed E-state index contributed by atoms with van der Waals surface area (Å²) in [6, 6.07) is 13.1. The van der Waals surface area contributed by atoms with Crippen LogP contribution in [0.3, 0.4) is 0 Å². The number of H-pyrrole nitrogens is 2. The summed E-state index contributed by atoms with van der Waals surface area (Å²) in [6.07, 6.45) is 0.336. The maximum atomic E-state index is 13.1. The van der Waals surface area contributed by atoms with Crippen LogP contribution in [0.15, 0.2) is 63.0 Å². The van der Waals surface area contributed by atoms with E-state index in [1.54, 1.807) is 19.1 Å². The lowest BCUT2D eigenvalue weighted by Gasteiger charge is -2.13. The Kier molecular flexibility index (Phi) is 5.07. The summed E-state index contributed by atoms with van der Waals surface area (Å²) in [6.45, 7) is 1.58. The molecule has 34 heavy (non-hydrogen) atoms. The van der Waals surface area contributed by atoms with Crippen LogP contribution in [0.4, 0.5) is 11.4 Å². The van der Waals surface area contributed by atoms with E-state index in [0.717, 1.165) is 16.8 Å². The number of hydrogen-bond acceptors (Lipinski definition) is 5. The molecule has 11 heteroatoms. The predicted molar refractivity (Wildman–Crippen MR) is 130 cm³/mol. The Hall–Kier alpha value is -3.89. The summed E-state index contributed by atoms with van der Waals surface area (Å²) in [5, 5.41) is 3.12. The van der Waals surface area contributed by atoms with Crippen molar-refractivity contribution >= 4 is 49.9 Å². The van der Waals surface area contributed by atoms with E-state index in [2.05, 4.69) is 20.0 Å². The third-order valence-corrected chi connectivity index (χ3v) is 7.41. The lowest BCUT2D eigenvalue weighted by Crippen LogP contribution is -2.29. The highest BCUT2D eigenvalue weighted by atomic mass is 35.5. The monoisotopic (exact) mass is 496 g/mol. The molecule has 172 valence electrons. The zero-order valence-electron chi connectivity index (χ0n) is 17.7. The molecule has 0 saturated heterocycles. The van der Waals surface area contributed by atoms with Gasteiger partial charge < -0.3 is 15.3 Å². The van der Waals surface area contributed by atoms with Crippen molar-refractivity contribution in [3.63, 3.8) is 0 Å². The van der Waals surface area contributed by atoms with Crippen molar-refractivity contribution in [3.8, 4) is 11.1 Å². The number of anilines is 2. The highest BCUT2D eigenvalue weighted by Gasteiger charge is 2.21. The maximum absolute atomic E-state index is 13.1. The van der Waals surface area contributed by atoms with Crippen LogP contribution in [0, 0.1) is 6.92 Å². The molecule has 5 rings (SSSR count). The van der Waals surface area contributed by atoms with E-state index in [4.69, 9.17) is 11.6 Å². The van der Waals surface area contributed by atoms with Gasteiger partial charge in [-0.2, -0.15) is 0 Å². The molecule has 1 aromatic heterocycles. The Morgan fingerprint density at radius 1 is 0.912 bits per heavy atom. The quantitative estimate of drug-likeness (QED) is 0.321. The summed E-state index contributed by atoms with van der Waals surface area (Å²) in [7, 11) is -4.04. The van der Waals surface area contributed by atoms with Crippen LogP contribution in [0.2, 0.25) is 5.02 Å². The van der Waals surface area contributed by atoms with Gasteiger partial charge in [-0.25, -0.2) is 8.42 Å². The number of rotatable bonds is 4. The Labute approximate surface area is 197 Å². The predicted octanol–water partition coefficient (Wildman–Crippen LogP) is 3.14. The molecule has 0 bridgehead atoms. The second-order valence-corrected chi connectivity index (χ2v) is 10.0. The van der Waals surface area contributed by atoms with Crippen LogP contribution < -0.4 is 21.2 Å². The number of aryl methyl sites for hydroxylation is 1. The lowest BCUT2D eigenvalue weighted by molar-refractivity contribution is -0.115. The molecule has 4 aromatic rings. The number of aromatic amines is 2. The SMILES string of the molecule is Cc1cc2[nH]c(=O)c(=O)[nH]c2cc1S(=O)(=O)Nc1ccc(-c2ccc3c(c2)NC(=O)C3)c(Cl)c1. The fraction of sp³-hybridized carbons (Fsp3) is 0.0870. The van der Waals surface area contributed by atoms with Crippen molar-refractivity contribution in [1.29, 1.82) is 0 Å². The maximum Gasteiger partial charge on any atom is 0.314 e. The van der Waals surface area contributed by atoms with Gasteiger partial charge in [-0.05, 0) is 53.9 Å². The Morgan fingerprint density at radius 2 is 1.62 bits per heavy atom. The number of fused-ring (bicyclic) bond motifs is 2.